The molecule has 1 aromatic rings. The van der Waals surface area contributed by atoms with Crippen molar-refractivity contribution in [2.75, 3.05) is 6.54 Å². The molecule has 1 saturated carbocycles. The Kier molecular flexibility index (Phi) is 3.44. The molecule has 1 fully saturated rings. The van der Waals surface area contributed by atoms with E-state index in [-0.39, 0.29) is 11.7 Å². The SMILES string of the molecule is Cn1cc(Br)cc1C(=O)N(CC(F)(F)F)C1CC1. The van der Waals surface area contributed by atoms with Crippen molar-refractivity contribution in [3.63, 3.8) is 0 Å². The fourth-order valence-corrected chi connectivity index (χ4v) is 2.35. The second-order valence-corrected chi connectivity index (χ2v) is 5.35. The maximum Gasteiger partial charge on any atom is 0.406 e. The molecule has 7 heteroatoms. The molecule has 0 N–H and O–H groups in total. The topological polar surface area (TPSA) is 25.2 Å². The van der Waals surface area contributed by atoms with Crippen LogP contribution in [-0.2, 0) is 7.05 Å². The average molecular weight is 325 g/mol. The van der Waals surface area contributed by atoms with Gasteiger partial charge in [0.2, 0.25) is 0 Å². The molecule has 1 aliphatic rings. The highest BCUT2D eigenvalue weighted by Gasteiger charge is 2.41. The van der Waals surface area contributed by atoms with Crippen LogP contribution in [-0.4, -0.2) is 34.1 Å². The molecule has 0 saturated heterocycles. The van der Waals surface area contributed by atoms with Crippen LogP contribution in [0.4, 0.5) is 13.2 Å². The Morgan fingerprint density at radius 3 is 2.56 bits per heavy atom. The molecular weight excluding hydrogens is 313 g/mol. The lowest BCUT2D eigenvalue weighted by Gasteiger charge is -2.23. The Bertz CT molecular complexity index is 465. The molecule has 0 bridgehead atoms. The van der Waals surface area contributed by atoms with Crippen molar-refractivity contribution in [2.45, 2.75) is 25.1 Å². The number of alkyl halides is 3. The number of carbonyl (C=O) groups excluding carboxylic acids is 1. The number of rotatable bonds is 3. The van der Waals surface area contributed by atoms with Crippen LogP contribution < -0.4 is 0 Å². The van der Waals surface area contributed by atoms with Crippen LogP contribution in [0, 0.1) is 0 Å². The fraction of sp³-hybridized carbons (Fsp3) is 0.545. The van der Waals surface area contributed by atoms with Gasteiger partial charge in [-0.2, -0.15) is 13.2 Å². The number of hydrogen-bond acceptors (Lipinski definition) is 1. The third kappa shape index (κ3) is 3.07. The number of halogens is 4. The molecule has 0 aromatic carbocycles. The summed E-state index contributed by atoms with van der Waals surface area (Å²) in [4.78, 5) is 13.0. The molecule has 1 aliphatic carbocycles. The number of carbonyl (C=O) groups is 1. The van der Waals surface area contributed by atoms with Gasteiger partial charge >= 0.3 is 6.18 Å². The minimum Gasteiger partial charge on any atom is -0.345 e. The van der Waals surface area contributed by atoms with E-state index in [1.54, 1.807) is 13.2 Å². The zero-order chi connectivity index (χ0) is 13.5. The minimum atomic E-state index is -4.36. The average Bonchev–Trinajstić information content (AvgIpc) is 2.99. The van der Waals surface area contributed by atoms with Gasteiger partial charge in [-0.1, -0.05) is 0 Å². The van der Waals surface area contributed by atoms with Gasteiger partial charge in [0.25, 0.3) is 5.91 Å². The summed E-state index contributed by atoms with van der Waals surface area (Å²) in [7, 11) is 1.64. The summed E-state index contributed by atoms with van der Waals surface area (Å²) in [6, 6.07) is 1.27. The lowest BCUT2D eigenvalue weighted by Crippen LogP contribution is -2.41. The molecule has 18 heavy (non-hydrogen) atoms. The first-order valence-corrected chi connectivity index (χ1v) is 6.27. The predicted molar refractivity (Wildman–Crippen MR) is 63.2 cm³/mol. The summed E-state index contributed by atoms with van der Waals surface area (Å²) < 4.78 is 39.6. The summed E-state index contributed by atoms with van der Waals surface area (Å²) in [5.74, 6) is -0.567. The monoisotopic (exact) mass is 324 g/mol. The summed E-state index contributed by atoms with van der Waals surface area (Å²) >= 11 is 3.20. The highest BCUT2D eigenvalue weighted by Crippen LogP contribution is 2.31. The van der Waals surface area contributed by atoms with Crippen molar-refractivity contribution in [1.82, 2.24) is 9.47 Å². The number of hydrogen-bond donors (Lipinski definition) is 0. The van der Waals surface area contributed by atoms with Crippen LogP contribution in [0.3, 0.4) is 0 Å². The van der Waals surface area contributed by atoms with Crippen molar-refractivity contribution < 1.29 is 18.0 Å². The van der Waals surface area contributed by atoms with Gasteiger partial charge in [-0.15, -0.1) is 0 Å². The first kappa shape index (κ1) is 13.5. The Morgan fingerprint density at radius 2 is 2.17 bits per heavy atom. The normalized spacial score (nSPS) is 15.8. The summed E-state index contributed by atoms with van der Waals surface area (Å²) in [5, 5.41) is 0. The molecule has 3 nitrogen and oxygen atoms in total. The Morgan fingerprint density at radius 1 is 1.56 bits per heavy atom. The van der Waals surface area contributed by atoms with Gasteiger partial charge in [-0.3, -0.25) is 4.79 Å². The highest BCUT2D eigenvalue weighted by molar-refractivity contribution is 9.10. The summed E-state index contributed by atoms with van der Waals surface area (Å²) in [5.41, 5.74) is 0.262. The molecule has 2 rings (SSSR count). The molecule has 0 aliphatic heterocycles. The van der Waals surface area contributed by atoms with Crippen LogP contribution in [0.1, 0.15) is 23.3 Å². The second kappa shape index (κ2) is 4.60. The van der Waals surface area contributed by atoms with E-state index in [1.807, 2.05) is 0 Å². The smallest absolute Gasteiger partial charge is 0.345 e. The Hall–Kier alpha value is -0.980. The quantitative estimate of drug-likeness (QED) is 0.839. The van der Waals surface area contributed by atoms with Gasteiger partial charge in [0, 0.05) is 23.8 Å². The maximum atomic E-state index is 12.5. The predicted octanol–water partition coefficient (Wildman–Crippen LogP) is 2.95. The van der Waals surface area contributed by atoms with E-state index in [0.717, 1.165) is 4.90 Å². The molecule has 0 radical (unpaired) electrons. The van der Waals surface area contributed by atoms with Crippen LogP contribution in [0.25, 0.3) is 0 Å². The molecule has 0 atom stereocenters. The third-order valence-corrected chi connectivity index (χ3v) is 3.22. The van der Waals surface area contributed by atoms with E-state index in [2.05, 4.69) is 15.9 Å². The summed E-state index contributed by atoms with van der Waals surface area (Å²) in [6.07, 6.45) is -1.42. The van der Waals surface area contributed by atoms with Gasteiger partial charge in [-0.05, 0) is 34.8 Å². The number of nitrogens with zero attached hydrogens (tertiary/aromatic N) is 2. The Balaban J connectivity index is 2.21. The Labute approximate surface area is 111 Å². The molecule has 0 unspecified atom stereocenters. The van der Waals surface area contributed by atoms with E-state index in [0.29, 0.717) is 17.3 Å². The van der Waals surface area contributed by atoms with Crippen molar-refractivity contribution in [3.05, 3.63) is 22.4 Å². The highest BCUT2D eigenvalue weighted by atomic mass is 79.9. The molecule has 1 amide bonds. The van der Waals surface area contributed by atoms with Crippen molar-refractivity contribution >= 4 is 21.8 Å². The van der Waals surface area contributed by atoms with E-state index >= 15 is 0 Å². The molecule has 0 spiro atoms. The van der Waals surface area contributed by atoms with E-state index in [1.165, 1.54) is 10.6 Å². The van der Waals surface area contributed by atoms with Gasteiger partial charge in [0.15, 0.2) is 0 Å². The molecule has 100 valence electrons. The first-order chi connectivity index (χ1) is 8.28. The third-order valence-electron chi connectivity index (χ3n) is 2.79. The number of aromatic nitrogens is 1. The van der Waals surface area contributed by atoms with Crippen LogP contribution in [0.2, 0.25) is 0 Å². The van der Waals surface area contributed by atoms with Gasteiger partial charge in [0.05, 0.1) is 0 Å². The van der Waals surface area contributed by atoms with Gasteiger partial charge in [0.1, 0.15) is 12.2 Å². The standard InChI is InChI=1S/C11H12BrF3N2O/c1-16-5-7(12)4-9(16)10(18)17(8-2-3-8)6-11(13,14)15/h4-5,8H,2-3,6H2,1H3. The zero-order valence-corrected chi connectivity index (χ0v) is 11.3. The van der Waals surface area contributed by atoms with Crippen molar-refractivity contribution in [2.24, 2.45) is 7.05 Å². The van der Waals surface area contributed by atoms with Gasteiger partial charge < -0.3 is 9.47 Å². The van der Waals surface area contributed by atoms with Crippen molar-refractivity contribution in [3.8, 4) is 0 Å². The minimum absolute atomic E-state index is 0.262. The lowest BCUT2D eigenvalue weighted by atomic mass is 10.3. The molecule has 1 heterocycles. The number of aryl methyl sites for hydroxylation is 1. The largest absolute Gasteiger partial charge is 0.406 e. The van der Waals surface area contributed by atoms with Crippen molar-refractivity contribution in [1.29, 1.82) is 0 Å². The number of amides is 1. The van der Waals surface area contributed by atoms with Crippen LogP contribution in [0.15, 0.2) is 16.7 Å². The van der Waals surface area contributed by atoms with E-state index < -0.39 is 18.6 Å². The first-order valence-electron chi connectivity index (χ1n) is 5.47. The molecular formula is C11H12BrF3N2O. The molecule has 1 aromatic heterocycles. The van der Waals surface area contributed by atoms with Crippen LogP contribution in [0.5, 0.6) is 0 Å². The maximum absolute atomic E-state index is 12.5. The van der Waals surface area contributed by atoms with E-state index in [9.17, 15) is 18.0 Å². The van der Waals surface area contributed by atoms with E-state index in [4.69, 9.17) is 0 Å². The summed E-state index contributed by atoms with van der Waals surface area (Å²) in [6.45, 7) is -1.18. The lowest BCUT2D eigenvalue weighted by molar-refractivity contribution is -0.141. The zero-order valence-electron chi connectivity index (χ0n) is 9.67. The van der Waals surface area contributed by atoms with Gasteiger partial charge in [-0.25, -0.2) is 0 Å². The second-order valence-electron chi connectivity index (χ2n) is 4.43. The van der Waals surface area contributed by atoms with Crippen LogP contribution >= 0.6 is 15.9 Å². The fourth-order valence-electron chi connectivity index (χ4n) is 1.83.